The molecule has 1 N–H and O–H groups in total. The average Bonchev–Trinajstić information content (AvgIpc) is 3.30. The standard InChI is InChI=1S/C31H34ClN7O2/c1-5-38(6-2)15-16-41-25-13-11-23(12-14-25)34-31-33-19-22-18-28(26-9-7-8-10-27(26)32)39(30(40)29(22)35-31)20-24-17-21(3)37(4)36-24/h7-14,17-19H,5-6,15-16,20H2,1-4H3,(H,33,34,35). The lowest BCUT2D eigenvalue weighted by atomic mass is 10.1. The van der Waals surface area contributed by atoms with Crippen molar-refractivity contribution >= 4 is 34.1 Å². The van der Waals surface area contributed by atoms with Gasteiger partial charge in [0.25, 0.3) is 5.56 Å². The van der Waals surface area contributed by atoms with E-state index in [0.29, 0.717) is 34.2 Å². The van der Waals surface area contributed by atoms with Crippen LogP contribution in [-0.2, 0) is 13.6 Å². The Hall–Kier alpha value is -4.21. The summed E-state index contributed by atoms with van der Waals surface area (Å²) in [6.07, 6.45) is 1.66. The molecule has 0 unspecified atom stereocenters. The zero-order valence-electron chi connectivity index (χ0n) is 23.8. The van der Waals surface area contributed by atoms with Gasteiger partial charge in [0.05, 0.1) is 17.9 Å². The number of likely N-dealkylation sites (N-methyl/N-ethyl adjacent to an activating group) is 1. The summed E-state index contributed by atoms with van der Waals surface area (Å²) in [5.41, 5.74) is 4.05. The minimum absolute atomic E-state index is 0.247. The normalized spacial score (nSPS) is 11.4. The van der Waals surface area contributed by atoms with Crippen molar-refractivity contribution in [3.05, 3.63) is 93.6 Å². The molecule has 9 nitrogen and oxygen atoms in total. The van der Waals surface area contributed by atoms with Crippen molar-refractivity contribution in [2.45, 2.75) is 27.3 Å². The monoisotopic (exact) mass is 571 g/mol. The first-order chi connectivity index (χ1) is 19.9. The number of halogens is 1. The lowest BCUT2D eigenvalue weighted by molar-refractivity contribution is 0.223. The first kappa shape index (κ1) is 28.3. The van der Waals surface area contributed by atoms with E-state index in [1.54, 1.807) is 15.4 Å². The van der Waals surface area contributed by atoms with Crippen LogP contribution in [0.5, 0.6) is 5.75 Å². The molecule has 10 heteroatoms. The molecule has 0 bridgehead atoms. The van der Waals surface area contributed by atoms with E-state index >= 15 is 0 Å². The Labute approximate surface area is 244 Å². The van der Waals surface area contributed by atoms with Gasteiger partial charge in [-0.25, -0.2) is 9.97 Å². The first-order valence-corrected chi connectivity index (χ1v) is 14.1. The van der Waals surface area contributed by atoms with E-state index in [1.807, 2.05) is 74.6 Å². The summed E-state index contributed by atoms with van der Waals surface area (Å²) in [7, 11) is 1.88. The number of anilines is 2. The minimum atomic E-state index is -0.247. The maximum absolute atomic E-state index is 13.9. The lowest BCUT2D eigenvalue weighted by Crippen LogP contribution is -2.27. The molecule has 5 aromatic rings. The smallest absolute Gasteiger partial charge is 0.278 e. The Morgan fingerprint density at radius 3 is 2.49 bits per heavy atom. The van der Waals surface area contributed by atoms with Crippen molar-refractivity contribution in [1.29, 1.82) is 0 Å². The van der Waals surface area contributed by atoms with Gasteiger partial charge in [-0.1, -0.05) is 43.6 Å². The molecule has 0 aliphatic rings. The zero-order valence-corrected chi connectivity index (χ0v) is 24.5. The van der Waals surface area contributed by atoms with Crippen molar-refractivity contribution in [1.82, 2.24) is 29.2 Å². The van der Waals surface area contributed by atoms with Gasteiger partial charge in [-0.15, -0.1) is 0 Å². The number of aryl methyl sites for hydroxylation is 2. The number of pyridine rings is 1. The summed E-state index contributed by atoms with van der Waals surface area (Å²) >= 11 is 6.56. The van der Waals surface area contributed by atoms with Crippen molar-refractivity contribution in [2.75, 3.05) is 31.6 Å². The molecular formula is C31H34ClN7O2. The van der Waals surface area contributed by atoms with Crippen LogP contribution in [0, 0.1) is 6.92 Å². The van der Waals surface area contributed by atoms with E-state index in [2.05, 4.69) is 39.1 Å². The second kappa shape index (κ2) is 12.5. The summed E-state index contributed by atoms with van der Waals surface area (Å²) in [5, 5.41) is 8.95. The van der Waals surface area contributed by atoms with Gasteiger partial charge in [0.1, 0.15) is 17.9 Å². The van der Waals surface area contributed by atoms with Gasteiger partial charge in [0.15, 0.2) is 0 Å². The van der Waals surface area contributed by atoms with Crippen molar-refractivity contribution in [2.24, 2.45) is 7.05 Å². The molecule has 5 rings (SSSR count). The molecule has 0 radical (unpaired) electrons. The largest absolute Gasteiger partial charge is 0.492 e. The first-order valence-electron chi connectivity index (χ1n) is 13.7. The molecule has 0 amide bonds. The van der Waals surface area contributed by atoms with Gasteiger partial charge in [0.2, 0.25) is 5.95 Å². The Kier molecular flexibility index (Phi) is 8.66. The number of nitrogens with zero attached hydrogens (tertiary/aromatic N) is 6. The maximum atomic E-state index is 13.9. The van der Waals surface area contributed by atoms with Crippen LogP contribution in [0.4, 0.5) is 11.6 Å². The number of nitrogens with one attached hydrogen (secondary N) is 1. The number of ether oxygens (including phenoxy) is 1. The van der Waals surface area contributed by atoms with Gasteiger partial charge in [0, 0.05) is 47.1 Å². The number of fused-ring (bicyclic) bond motifs is 1. The van der Waals surface area contributed by atoms with Crippen LogP contribution in [0.15, 0.2) is 71.7 Å². The SMILES string of the molecule is CCN(CC)CCOc1ccc(Nc2ncc3cc(-c4ccccc4Cl)n(Cc4cc(C)n(C)n4)c(=O)c3n2)cc1. The molecule has 212 valence electrons. The fourth-order valence-electron chi connectivity index (χ4n) is 4.71. The highest BCUT2D eigenvalue weighted by Gasteiger charge is 2.17. The van der Waals surface area contributed by atoms with E-state index in [0.717, 1.165) is 48.0 Å². The van der Waals surface area contributed by atoms with E-state index in [1.165, 1.54) is 0 Å². The summed E-state index contributed by atoms with van der Waals surface area (Å²) in [6, 6.07) is 19.0. The number of benzene rings is 2. The molecule has 0 aliphatic heterocycles. The molecule has 0 saturated heterocycles. The molecule has 0 atom stereocenters. The van der Waals surface area contributed by atoms with Gasteiger partial charge in [-0.2, -0.15) is 5.10 Å². The molecule has 2 aromatic carbocycles. The van der Waals surface area contributed by atoms with Crippen LogP contribution < -0.4 is 15.6 Å². The molecular weight excluding hydrogens is 538 g/mol. The van der Waals surface area contributed by atoms with Crippen LogP contribution in [0.1, 0.15) is 25.2 Å². The Morgan fingerprint density at radius 2 is 1.80 bits per heavy atom. The number of aromatic nitrogens is 5. The summed E-state index contributed by atoms with van der Waals surface area (Å²) in [6.45, 7) is 10.1. The highest BCUT2D eigenvalue weighted by Crippen LogP contribution is 2.29. The van der Waals surface area contributed by atoms with Crippen LogP contribution in [-0.4, -0.2) is 55.5 Å². The highest BCUT2D eigenvalue weighted by molar-refractivity contribution is 6.33. The van der Waals surface area contributed by atoms with E-state index in [9.17, 15) is 4.79 Å². The third kappa shape index (κ3) is 6.42. The predicted molar refractivity (Wildman–Crippen MR) is 164 cm³/mol. The van der Waals surface area contributed by atoms with Gasteiger partial charge >= 0.3 is 0 Å². The predicted octanol–water partition coefficient (Wildman–Crippen LogP) is 5.67. The van der Waals surface area contributed by atoms with Crippen molar-refractivity contribution in [3.8, 4) is 17.0 Å². The van der Waals surface area contributed by atoms with Gasteiger partial charge in [-0.05, 0) is 62.5 Å². The van der Waals surface area contributed by atoms with Crippen LogP contribution in [0.25, 0.3) is 22.2 Å². The summed E-state index contributed by atoms with van der Waals surface area (Å²) in [5.74, 6) is 1.12. The van der Waals surface area contributed by atoms with Crippen molar-refractivity contribution in [3.63, 3.8) is 0 Å². The van der Waals surface area contributed by atoms with Crippen LogP contribution in [0.2, 0.25) is 5.02 Å². The summed E-state index contributed by atoms with van der Waals surface area (Å²) < 4.78 is 9.35. The number of hydrogen-bond acceptors (Lipinski definition) is 7. The quantitative estimate of drug-likeness (QED) is 0.218. The minimum Gasteiger partial charge on any atom is -0.492 e. The third-order valence-corrected chi connectivity index (χ3v) is 7.49. The second-order valence-corrected chi connectivity index (χ2v) is 10.2. The fraction of sp³-hybridized carbons (Fsp3) is 0.290. The number of rotatable bonds is 11. The van der Waals surface area contributed by atoms with Crippen LogP contribution in [0.3, 0.4) is 0 Å². The molecule has 0 fully saturated rings. The molecule has 0 aliphatic carbocycles. The maximum Gasteiger partial charge on any atom is 0.278 e. The Balaban J connectivity index is 1.44. The second-order valence-electron chi connectivity index (χ2n) is 9.82. The lowest BCUT2D eigenvalue weighted by Gasteiger charge is -2.18. The Morgan fingerprint density at radius 1 is 1.05 bits per heavy atom. The zero-order chi connectivity index (χ0) is 28.9. The molecule has 3 aromatic heterocycles. The highest BCUT2D eigenvalue weighted by atomic mass is 35.5. The number of hydrogen-bond donors (Lipinski definition) is 1. The fourth-order valence-corrected chi connectivity index (χ4v) is 4.94. The van der Waals surface area contributed by atoms with Gasteiger partial charge in [-0.3, -0.25) is 9.48 Å². The van der Waals surface area contributed by atoms with E-state index in [4.69, 9.17) is 16.3 Å². The average molecular weight is 572 g/mol. The molecule has 0 spiro atoms. The third-order valence-electron chi connectivity index (χ3n) is 7.16. The molecule has 3 heterocycles. The topological polar surface area (TPSA) is 90.1 Å². The van der Waals surface area contributed by atoms with Gasteiger partial charge < -0.3 is 19.5 Å². The molecule has 0 saturated carbocycles. The van der Waals surface area contributed by atoms with Crippen LogP contribution >= 0.6 is 11.6 Å². The summed E-state index contributed by atoms with van der Waals surface area (Å²) in [4.78, 5) is 25.3. The molecule has 41 heavy (non-hydrogen) atoms. The van der Waals surface area contributed by atoms with E-state index in [-0.39, 0.29) is 12.1 Å². The van der Waals surface area contributed by atoms with E-state index < -0.39 is 0 Å². The van der Waals surface area contributed by atoms with Crippen molar-refractivity contribution < 1.29 is 4.74 Å². The Bertz CT molecular complexity index is 1690.